The van der Waals surface area contributed by atoms with Crippen LogP contribution in [0.2, 0.25) is 0 Å². The molecule has 0 rings (SSSR count). The van der Waals surface area contributed by atoms with Crippen molar-refractivity contribution in [2.75, 3.05) is 26.8 Å². The van der Waals surface area contributed by atoms with Gasteiger partial charge < -0.3 is 4.90 Å². The molecule has 0 fully saturated rings. The fraction of sp³-hybridized carbons (Fsp3) is 0.538. The molecule has 0 aromatic rings. The van der Waals surface area contributed by atoms with Crippen LogP contribution in [0, 0.1) is 0 Å². The lowest BCUT2D eigenvalue weighted by molar-refractivity contribution is 0.448. The molecule has 2 heteroatoms. The predicted molar refractivity (Wildman–Crippen MR) is 74.4 cm³/mol. The highest BCUT2D eigenvalue weighted by Gasteiger charge is 1.92. The van der Waals surface area contributed by atoms with E-state index in [2.05, 4.69) is 53.0 Å². The average Bonchev–Trinajstić information content (AvgIpc) is 2.20. The molecule has 1 unspecified atom stereocenters. The van der Waals surface area contributed by atoms with Gasteiger partial charge in [0.25, 0.3) is 0 Å². The van der Waals surface area contributed by atoms with Crippen molar-refractivity contribution in [1.29, 1.82) is 0 Å². The molecule has 15 heavy (non-hydrogen) atoms. The second-order valence-electron chi connectivity index (χ2n) is 3.86. The Labute approximate surface area is 97.1 Å². The van der Waals surface area contributed by atoms with Crippen LogP contribution in [0.4, 0.5) is 0 Å². The summed E-state index contributed by atoms with van der Waals surface area (Å²) in [5.74, 6) is 0. The van der Waals surface area contributed by atoms with Gasteiger partial charge in [-0.15, -0.1) is 9.24 Å². The minimum Gasteiger partial charge on any atom is -0.305 e. The van der Waals surface area contributed by atoms with Gasteiger partial charge in [0.05, 0.1) is 0 Å². The Bertz CT molecular complexity index is 217. The molecular weight excluding hydrogens is 201 g/mol. The van der Waals surface area contributed by atoms with Crippen molar-refractivity contribution in [2.24, 2.45) is 0 Å². The molecule has 0 saturated carbocycles. The zero-order valence-corrected chi connectivity index (χ0v) is 11.2. The third-order valence-electron chi connectivity index (χ3n) is 2.02. The fourth-order valence-corrected chi connectivity index (χ4v) is 1.48. The van der Waals surface area contributed by atoms with Crippen molar-refractivity contribution in [3.05, 3.63) is 36.5 Å². The van der Waals surface area contributed by atoms with Crippen LogP contribution in [-0.2, 0) is 0 Å². The summed E-state index contributed by atoms with van der Waals surface area (Å²) in [4.78, 5) is 2.16. The summed E-state index contributed by atoms with van der Waals surface area (Å²) in [5.41, 5.74) is 1.30. The van der Waals surface area contributed by atoms with E-state index < -0.39 is 0 Å². The monoisotopic (exact) mass is 225 g/mol. The molecule has 86 valence electrons. The summed E-state index contributed by atoms with van der Waals surface area (Å²) in [5, 5.41) is 0. The maximum atomic E-state index is 3.82. The highest BCUT2D eigenvalue weighted by atomic mass is 31.0. The molecule has 0 radical (unpaired) electrons. The van der Waals surface area contributed by atoms with E-state index in [1.165, 1.54) is 24.6 Å². The summed E-state index contributed by atoms with van der Waals surface area (Å²) < 4.78 is 0. The van der Waals surface area contributed by atoms with E-state index in [0.717, 1.165) is 13.0 Å². The van der Waals surface area contributed by atoms with Crippen molar-refractivity contribution < 1.29 is 0 Å². The average molecular weight is 225 g/mol. The minimum absolute atomic E-state index is 0.975. The van der Waals surface area contributed by atoms with E-state index in [9.17, 15) is 0 Å². The van der Waals surface area contributed by atoms with E-state index in [4.69, 9.17) is 0 Å². The molecule has 0 heterocycles. The Kier molecular flexibility index (Phi) is 9.88. The van der Waals surface area contributed by atoms with Crippen LogP contribution in [0.25, 0.3) is 0 Å². The summed E-state index contributed by atoms with van der Waals surface area (Å²) >= 11 is 0. The van der Waals surface area contributed by atoms with Crippen molar-refractivity contribution in [3.8, 4) is 0 Å². The fourth-order valence-electron chi connectivity index (χ4n) is 1.25. The molecule has 0 spiro atoms. The number of hydrogen-bond donors (Lipinski definition) is 0. The van der Waals surface area contributed by atoms with Crippen molar-refractivity contribution in [2.45, 2.75) is 19.3 Å². The Balaban J connectivity index is 3.80. The number of allylic oxidation sites excluding steroid dienone is 3. The van der Waals surface area contributed by atoms with Crippen LogP contribution in [0.3, 0.4) is 0 Å². The number of nitrogens with zero attached hydrogens (tertiary/aromatic N) is 1. The van der Waals surface area contributed by atoms with Gasteiger partial charge in [-0.05, 0) is 45.1 Å². The molecule has 0 aromatic carbocycles. The molecule has 0 bridgehead atoms. The van der Waals surface area contributed by atoms with Gasteiger partial charge in [-0.3, -0.25) is 0 Å². The largest absolute Gasteiger partial charge is 0.305 e. The zero-order chi connectivity index (χ0) is 11.5. The van der Waals surface area contributed by atoms with E-state index in [-0.39, 0.29) is 0 Å². The van der Waals surface area contributed by atoms with Crippen molar-refractivity contribution in [3.63, 3.8) is 0 Å². The zero-order valence-electron chi connectivity index (χ0n) is 10.1. The number of rotatable bonds is 8. The second-order valence-corrected chi connectivity index (χ2v) is 4.44. The standard InChI is InChI=1S/C13H24NP/c1-4-13(12-14(2)3)10-8-6-5-7-9-11-15/h4-6,10H,1,7-9,11-12,15H2,2-3H3/b6-5-,13-10+. The van der Waals surface area contributed by atoms with Crippen LogP contribution < -0.4 is 0 Å². The maximum Gasteiger partial charge on any atom is 0.0224 e. The van der Waals surface area contributed by atoms with E-state index in [1.54, 1.807) is 0 Å². The SMILES string of the molecule is C=C/C(=C\C/C=C\CCCP)CN(C)C. The smallest absolute Gasteiger partial charge is 0.0224 e. The van der Waals surface area contributed by atoms with Gasteiger partial charge in [0.2, 0.25) is 0 Å². The first-order valence-corrected chi connectivity index (χ1v) is 6.33. The first-order chi connectivity index (χ1) is 7.20. The molecular formula is C13H24NP. The van der Waals surface area contributed by atoms with Crippen LogP contribution >= 0.6 is 9.24 Å². The Morgan fingerprint density at radius 2 is 2.07 bits per heavy atom. The Morgan fingerprint density at radius 1 is 1.33 bits per heavy atom. The van der Waals surface area contributed by atoms with E-state index in [1.807, 2.05) is 6.08 Å². The van der Waals surface area contributed by atoms with E-state index in [0.29, 0.717) is 0 Å². The van der Waals surface area contributed by atoms with Gasteiger partial charge in [-0.2, -0.15) is 0 Å². The van der Waals surface area contributed by atoms with Crippen molar-refractivity contribution in [1.82, 2.24) is 4.90 Å². The third kappa shape index (κ3) is 9.90. The quantitative estimate of drug-likeness (QED) is 0.265. The highest BCUT2D eigenvalue weighted by Crippen LogP contribution is 2.02. The highest BCUT2D eigenvalue weighted by molar-refractivity contribution is 7.16. The first-order valence-electron chi connectivity index (χ1n) is 5.52. The van der Waals surface area contributed by atoms with Gasteiger partial charge in [0.1, 0.15) is 0 Å². The van der Waals surface area contributed by atoms with Gasteiger partial charge in [-0.25, -0.2) is 0 Å². The minimum atomic E-state index is 0.975. The third-order valence-corrected chi connectivity index (χ3v) is 2.43. The molecule has 0 amide bonds. The lowest BCUT2D eigenvalue weighted by Gasteiger charge is -2.09. The first kappa shape index (κ1) is 14.6. The summed E-state index contributed by atoms with van der Waals surface area (Å²) in [6, 6.07) is 0. The second kappa shape index (κ2) is 10.1. The number of hydrogen-bond acceptors (Lipinski definition) is 1. The Morgan fingerprint density at radius 3 is 2.60 bits per heavy atom. The molecule has 0 aromatic heterocycles. The topological polar surface area (TPSA) is 3.24 Å². The normalized spacial score (nSPS) is 12.7. The molecule has 0 aliphatic carbocycles. The lowest BCUT2D eigenvalue weighted by atomic mass is 10.2. The number of likely N-dealkylation sites (N-methyl/N-ethyl adjacent to an activating group) is 1. The van der Waals surface area contributed by atoms with Gasteiger partial charge in [0.15, 0.2) is 0 Å². The molecule has 0 N–H and O–H groups in total. The molecule has 0 saturated heterocycles. The maximum absolute atomic E-state index is 3.82. The molecule has 1 nitrogen and oxygen atoms in total. The Hall–Kier alpha value is -0.390. The molecule has 0 aliphatic rings. The van der Waals surface area contributed by atoms with Crippen LogP contribution in [0.15, 0.2) is 36.5 Å². The van der Waals surface area contributed by atoms with Gasteiger partial charge >= 0.3 is 0 Å². The van der Waals surface area contributed by atoms with Crippen LogP contribution in [0.1, 0.15) is 19.3 Å². The van der Waals surface area contributed by atoms with Gasteiger partial charge in [-0.1, -0.05) is 30.9 Å². The van der Waals surface area contributed by atoms with E-state index >= 15 is 0 Å². The number of unbranched alkanes of at least 4 members (excludes halogenated alkanes) is 1. The van der Waals surface area contributed by atoms with Crippen molar-refractivity contribution >= 4 is 9.24 Å². The molecule has 1 atom stereocenters. The van der Waals surface area contributed by atoms with Crippen LogP contribution in [-0.4, -0.2) is 31.7 Å². The summed E-state index contributed by atoms with van der Waals surface area (Å²) in [6.07, 6.45) is 13.3. The lowest BCUT2D eigenvalue weighted by Crippen LogP contribution is -2.14. The summed E-state index contributed by atoms with van der Waals surface area (Å²) in [7, 11) is 6.90. The summed E-state index contributed by atoms with van der Waals surface area (Å²) in [6.45, 7) is 4.80. The van der Waals surface area contributed by atoms with Gasteiger partial charge in [0, 0.05) is 6.54 Å². The van der Waals surface area contributed by atoms with Crippen LogP contribution in [0.5, 0.6) is 0 Å². The molecule has 0 aliphatic heterocycles. The predicted octanol–water partition coefficient (Wildman–Crippen LogP) is 3.26.